The summed E-state index contributed by atoms with van der Waals surface area (Å²) in [5.74, 6) is -2.24. The SMILES string of the molecule is C=CCCNC(=O)C(=O)[C@@H](CCC=C)NC(=O)[C@@H]1C2C(CN1C(=O)[C@@H](NC(=O)NC1CCCC1)C(C)(C)C)C2(C)C. The van der Waals surface area contributed by atoms with E-state index < -0.39 is 41.1 Å². The third-order valence-corrected chi connectivity index (χ3v) is 8.99. The molecule has 4 N–H and O–H groups in total. The van der Waals surface area contributed by atoms with E-state index in [0.29, 0.717) is 19.4 Å². The Kier molecular flexibility index (Phi) is 10.4. The number of Topliss-reactive ketones (excluding diaryl/α,β-unsaturated/α-hetero) is 1. The van der Waals surface area contributed by atoms with E-state index in [1.54, 1.807) is 17.1 Å². The van der Waals surface area contributed by atoms with E-state index >= 15 is 0 Å². The molecule has 2 aliphatic carbocycles. The van der Waals surface area contributed by atoms with Crippen molar-refractivity contribution in [2.45, 2.75) is 104 Å². The van der Waals surface area contributed by atoms with E-state index in [4.69, 9.17) is 0 Å². The van der Waals surface area contributed by atoms with Crippen molar-refractivity contribution in [2.24, 2.45) is 22.7 Å². The first-order chi connectivity index (χ1) is 19.2. The number of hydrogen-bond acceptors (Lipinski definition) is 5. The average molecular weight is 572 g/mol. The highest BCUT2D eigenvalue weighted by Crippen LogP contribution is 2.65. The van der Waals surface area contributed by atoms with Crippen LogP contribution in [0.4, 0.5) is 4.79 Å². The molecule has 0 bridgehead atoms. The lowest BCUT2D eigenvalue weighted by Crippen LogP contribution is -2.61. The van der Waals surface area contributed by atoms with E-state index in [1.807, 2.05) is 20.8 Å². The average Bonchev–Trinajstić information content (AvgIpc) is 3.33. The molecule has 5 amide bonds. The molecule has 1 heterocycles. The predicted molar refractivity (Wildman–Crippen MR) is 158 cm³/mol. The molecular weight excluding hydrogens is 522 g/mol. The first kappa shape index (κ1) is 32.3. The minimum Gasteiger partial charge on any atom is -0.349 e. The number of amides is 5. The standard InChI is InChI=1S/C31H49N5O5/c1-8-10-16-21(24(37)27(39)32-17-11-9-2)34-26(38)23-22-20(31(22,6)7)18-36(23)28(40)25(30(3,4)5)35-29(41)33-19-14-12-13-15-19/h8-9,19-23,25H,1-2,10-18H2,3-7H3,(H,32,39)(H,34,38)(H2,33,35,41)/t20?,21-,22?,23+,25-/m1/s1. The molecule has 10 nitrogen and oxygen atoms in total. The van der Waals surface area contributed by atoms with Crippen LogP contribution in [0.2, 0.25) is 0 Å². The molecule has 3 aliphatic rings. The van der Waals surface area contributed by atoms with Crippen LogP contribution in [0, 0.1) is 22.7 Å². The number of nitrogens with one attached hydrogen (secondary N) is 4. The lowest BCUT2D eigenvalue weighted by molar-refractivity contribution is -0.145. The van der Waals surface area contributed by atoms with Crippen LogP contribution in [-0.2, 0) is 19.2 Å². The number of carbonyl (C=O) groups is 5. The highest BCUT2D eigenvalue weighted by atomic mass is 16.2. The zero-order valence-corrected chi connectivity index (χ0v) is 25.4. The Morgan fingerprint density at radius 1 is 1.00 bits per heavy atom. The van der Waals surface area contributed by atoms with Crippen LogP contribution < -0.4 is 21.3 Å². The van der Waals surface area contributed by atoms with Gasteiger partial charge in [-0.15, -0.1) is 13.2 Å². The van der Waals surface area contributed by atoms with Gasteiger partial charge in [-0.1, -0.05) is 59.6 Å². The van der Waals surface area contributed by atoms with Crippen molar-refractivity contribution >= 4 is 29.5 Å². The van der Waals surface area contributed by atoms with Crippen molar-refractivity contribution in [2.75, 3.05) is 13.1 Å². The van der Waals surface area contributed by atoms with Crippen molar-refractivity contribution in [3.05, 3.63) is 25.3 Å². The molecule has 1 aliphatic heterocycles. The van der Waals surface area contributed by atoms with Gasteiger partial charge in [-0.2, -0.15) is 0 Å². The Morgan fingerprint density at radius 3 is 2.22 bits per heavy atom. The van der Waals surface area contributed by atoms with Gasteiger partial charge in [0.05, 0.1) is 6.04 Å². The van der Waals surface area contributed by atoms with Crippen LogP contribution >= 0.6 is 0 Å². The molecule has 228 valence electrons. The maximum Gasteiger partial charge on any atom is 0.315 e. The highest BCUT2D eigenvalue weighted by Gasteiger charge is 2.69. The van der Waals surface area contributed by atoms with Crippen molar-refractivity contribution in [3.63, 3.8) is 0 Å². The first-order valence-corrected chi connectivity index (χ1v) is 15.0. The van der Waals surface area contributed by atoms with E-state index in [2.05, 4.69) is 48.3 Å². The Balaban J connectivity index is 1.79. The van der Waals surface area contributed by atoms with Crippen molar-refractivity contribution in [1.29, 1.82) is 0 Å². The molecule has 2 unspecified atom stereocenters. The molecule has 0 radical (unpaired) electrons. The van der Waals surface area contributed by atoms with Gasteiger partial charge in [0.2, 0.25) is 17.6 Å². The Labute approximate surface area is 244 Å². The molecule has 3 fully saturated rings. The third kappa shape index (κ3) is 7.57. The van der Waals surface area contributed by atoms with Crippen LogP contribution in [0.3, 0.4) is 0 Å². The second kappa shape index (κ2) is 13.2. The van der Waals surface area contributed by atoms with E-state index in [-0.39, 0.29) is 48.2 Å². The van der Waals surface area contributed by atoms with E-state index in [1.165, 1.54) is 0 Å². The number of likely N-dealkylation sites (tertiary alicyclic amines) is 1. The third-order valence-electron chi connectivity index (χ3n) is 8.99. The van der Waals surface area contributed by atoms with Gasteiger partial charge in [-0.05, 0) is 54.8 Å². The summed E-state index contributed by atoms with van der Waals surface area (Å²) in [6, 6.07) is -2.99. The molecule has 0 aromatic heterocycles. The summed E-state index contributed by atoms with van der Waals surface area (Å²) in [6.45, 7) is 17.8. The molecular formula is C31H49N5O5. The number of allylic oxidation sites excluding steroid dienone is 1. The summed E-state index contributed by atoms with van der Waals surface area (Å²) in [6.07, 6.45) is 8.41. The summed E-state index contributed by atoms with van der Waals surface area (Å²) in [4.78, 5) is 67.9. The molecule has 2 saturated carbocycles. The number of ketones is 1. The van der Waals surface area contributed by atoms with Gasteiger partial charge in [0, 0.05) is 19.1 Å². The fraction of sp³-hybridized carbons (Fsp3) is 0.710. The van der Waals surface area contributed by atoms with Gasteiger partial charge >= 0.3 is 6.03 Å². The predicted octanol–water partition coefficient (Wildman–Crippen LogP) is 2.84. The van der Waals surface area contributed by atoms with Crippen LogP contribution in [0.1, 0.15) is 79.6 Å². The number of fused-ring (bicyclic) bond motifs is 1. The summed E-state index contributed by atoms with van der Waals surface area (Å²) in [5.41, 5.74) is -0.759. The van der Waals surface area contributed by atoms with Crippen molar-refractivity contribution < 1.29 is 24.0 Å². The molecule has 10 heteroatoms. The number of hydrogen-bond donors (Lipinski definition) is 4. The molecule has 1 saturated heterocycles. The lowest BCUT2D eigenvalue weighted by atomic mass is 9.85. The quantitative estimate of drug-likeness (QED) is 0.153. The number of rotatable bonds is 13. The minimum absolute atomic E-state index is 0.0871. The van der Waals surface area contributed by atoms with Gasteiger partial charge in [-0.25, -0.2) is 4.79 Å². The highest BCUT2D eigenvalue weighted by molar-refractivity contribution is 6.38. The molecule has 0 aromatic carbocycles. The second-order valence-electron chi connectivity index (χ2n) is 13.4. The van der Waals surface area contributed by atoms with Gasteiger partial charge in [-0.3, -0.25) is 19.2 Å². The van der Waals surface area contributed by atoms with Crippen LogP contribution in [0.5, 0.6) is 0 Å². The van der Waals surface area contributed by atoms with Gasteiger partial charge in [0.25, 0.3) is 5.91 Å². The Hall–Kier alpha value is -3.17. The Morgan fingerprint density at radius 2 is 1.63 bits per heavy atom. The van der Waals surface area contributed by atoms with E-state index in [9.17, 15) is 24.0 Å². The maximum absolute atomic E-state index is 14.1. The van der Waals surface area contributed by atoms with Crippen molar-refractivity contribution in [1.82, 2.24) is 26.2 Å². The normalized spacial score (nSPS) is 24.4. The lowest BCUT2D eigenvalue weighted by Gasteiger charge is -2.38. The summed E-state index contributed by atoms with van der Waals surface area (Å²) < 4.78 is 0. The minimum atomic E-state index is -1.05. The monoisotopic (exact) mass is 571 g/mol. The number of nitrogens with zero attached hydrogens (tertiary/aromatic N) is 1. The topological polar surface area (TPSA) is 137 Å². The fourth-order valence-corrected chi connectivity index (χ4v) is 6.40. The van der Waals surface area contributed by atoms with Gasteiger partial charge < -0.3 is 26.2 Å². The first-order valence-electron chi connectivity index (χ1n) is 15.0. The fourth-order valence-electron chi connectivity index (χ4n) is 6.40. The molecule has 41 heavy (non-hydrogen) atoms. The van der Waals surface area contributed by atoms with Crippen LogP contribution in [0.15, 0.2) is 25.3 Å². The zero-order chi connectivity index (χ0) is 30.5. The van der Waals surface area contributed by atoms with Gasteiger partial charge in [0.1, 0.15) is 12.1 Å². The van der Waals surface area contributed by atoms with Crippen LogP contribution in [-0.4, -0.2) is 71.7 Å². The number of piperidine rings is 1. The largest absolute Gasteiger partial charge is 0.349 e. The Bertz CT molecular complexity index is 1040. The maximum atomic E-state index is 14.1. The van der Waals surface area contributed by atoms with Crippen molar-refractivity contribution in [3.8, 4) is 0 Å². The molecule has 3 rings (SSSR count). The van der Waals surface area contributed by atoms with Crippen LogP contribution in [0.25, 0.3) is 0 Å². The zero-order valence-electron chi connectivity index (χ0n) is 25.4. The second-order valence-corrected chi connectivity index (χ2v) is 13.4. The van der Waals surface area contributed by atoms with Gasteiger partial charge in [0.15, 0.2) is 0 Å². The molecule has 0 spiro atoms. The van der Waals surface area contributed by atoms with E-state index in [0.717, 1.165) is 25.7 Å². The number of urea groups is 1. The summed E-state index contributed by atoms with van der Waals surface area (Å²) in [5, 5.41) is 11.3. The molecule has 5 atom stereocenters. The smallest absolute Gasteiger partial charge is 0.315 e. The summed E-state index contributed by atoms with van der Waals surface area (Å²) >= 11 is 0. The molecule has 0 aromatic rings. The number of carbonyl (C=O) groups excluding carboxylic acids is 5. The summed E-state index contributed by atoms with van der Waals surface area (Å²) in [7, 11) is 0.